The van der Waals surface area contributed by atoms with Crippen LogP contribution in [-0.4, -0.2) is 83.6 Å². The number of anilines is 2. The second-order valence-electron chi connectivity index (χ2n) is 9.82. The number of benzene rings is 1. The summed E-state index contributed by atoms with van der Waals surface area (Å²) in [5.74, 6) is 0.785. The lowest BCUT2D eigenvalue weighted by molar-refractivity contribution is -0.132. The Bertz CT molecular complexity index is 1240. The SMILES string of the molecule is CCN1CCN(c2ccc(-c3cc4c(N5CCN(C(=O)C6CC6)CC5)ccnn4c3)cc2)C(=O)C1. The van der Waals surface area contributed by atoms with Gasteiger partial charge in [-0.2, -0.15) is 5.10 Å². The average molecular weight is 473 g/mol. The second-order valence-corrected chi connectivity index (χ2v) is 9.82. The molecule has 0 N–H and O–H groups in total. The topological polar surface area (TPSA) is 64.4 Å². The van der Waals surface area contributed by atoms with Crippen LogP contribution in [0.15, 0.2) is 48.8 Å². The van der Waals surface area contributed by atoms with Crippen molar-refractivity contribution in [3.05, 3.63) is 48.8 Å². The number of fused-ring (bicyclic) bond motifs is 1. The van der Waals surface area contributed by atoms with Crippen LogP contribution in [0.1, 0.15) is 19.8 Å². The number of hydrogen-bond acceptors (Lipinski definition) is 5. The highest BCUT2D eigenvalue weighted by Crippen LogP contribution is 2.33. The van der Waals surface area contributed by atoms with Crippen LogP contribution in [-0.2, 0) is 9.59 Å². The first-order valence-electron chi connectivity index (χ1n) is 12.7. The Balaban J connectivity index is 1.19. The van der Waals surface area contributed by atoms with Gasteiger partial charge in [0.1, 0.15) is 0 Å². The molecule has 3 fully saturated rings. The zero-order valence-corrected chi connectivity index (χ0v) is 20.3. The Kier molecular flexibility index (Phi) is 5.68. The molecule has 8 heteroatoms. The maximum atomic E-state index is 12.6. The molecule has 8 nitrogen and oxygen atoms in total. The smallest absolute Gasteiger partial charge is 0.241 e. The third-order valence-corrected chi connectivity index (χ3v) is 7.60. The Morgan fingerprint density at radius 2 is 1.74 bits per heavy atom. The van der Waals surface area contributed by atoms with Crippen LogP contribution in [0.4, 0.5) is 11.4 Å². The van der Waals surface area contributed by atoms with Gasteiger partial charge in [0.2, 0.25) is 11.8 Å². The number of likely N-dealkylation sites (N-methyl/N-ethyl adjacent to an activating group) is 1. The molecule has 1 aliphatic carbocycles. The monoisotopic (exact) mass is 472 g/mol. The van der Waals surface area contributed by atoms with Gasteiger partial charge in [-0.15, -0.1) is 0 Å². The van der Waals surface area contributed by atoms with E-state index in [1.54, 1.807) is 0 Å². The third kappa shape index (κ3) is 4.27. The number of amides is 2. The van der Waals surface area contributed by atoms with E-state index in [9.17, 15) is 9.59 Å². The zero-order chi connectivity index (χ0) is 23.9. The van der Waals surface area contributed by atoms with Gasteiger partial charge in [0.15, 0.2) is 0 Å². The first kappa shape index (κ1) is 22.1. The molecule has 0 spiro atoms. The van der Waals surface area contributed by atoms with Gasteiger partial charge in [-0.1, -0.05) is 19.1 Å². The molecule has 0 radical (unpaired) electrons. The second kappa shape index (κ2) is 9.00. The van der Waals surface area contributed by atoms with Gasteiger partial charge in [0, 0.05) is 68.8 Å². The maximum Gasteiger partial charge on any atom is 0.241 e. The first-order chi connectivity index (χ1) is 17.1. The summed E-state index contributed by atoms with van der Waals surface area (Å²) < 4.78 is 1.94. The van der Waals surface area contributed by atoms with Gasteiger partial charge in [-0.05, 0) is 49.2 Å². The first-order valence-corrected chi connectivity index (χ1v) is 12.7. The Labute approximate surface area is 205 Å². The molecule has 0 atom stereocenters. The number of carbonyl (C=O) groups is 2. The molecule has 2 aliphatic heterocycles. The van der Waals surface area contributed by atoms with E-state index in [4.69, 9.17) is 0 Å². The molecule has 4 heterocycles. The molecule has 2 saturated heterocycles. The van der Waals surface area contributed by atoms with Crippen LogP contribution in [0.3, 0.4) is 0 Å². The van der Waals surface area contributed by atoms with Gasteiger partial charge >= 0.3 is 0 Å². The molecule has 1 aromatic carbocycles. The number of hydrogen-bond donors (Lipinski definition) is 0. The van der Waals surface area contributed by atoms with Gasteiger partial charge in [-0.25, -0.2) is 4.52 Å². The summed E-state index contributed by atoms with van der Waals surface area (Å²) in [7, 11) is 0. The van der Waals surface area contributed by atoms with Crippen LogP contribution < -0.4 is 9.80 Å². The zero-order valence-electron chi connectivity index (χ0n) is 20.3. The molecule has 3 aromatic rings. The third-order valence-electron chi connectivity index (χ3n) is 7.60. The summed E-state index contributed by atoms with van der Waals surface area (Å²) in [6.07, 6.45) is 6.03. The minimum Gasteiger partial charge on any atom is -0.366 e. The molecule has 3 aliphatic rings. The predicted molar refractivity (Wildman–Crippen MR) is 137 cm³/mol. The van der Waals surface area contributed by atoms with E-state index in [0.29, 0.717) is 12.5 Å². The van der Waals surface area contributed by atoms with Crippen molar-refractivity contribution in [3.63, 3.8) is 0 Å². The molecule has 2 aromatic heterocycles. The minimum absolute atomic E-state index is 0.160. The normalized spacial score (nSPS) is 19.6. The summed E-state index contributed by atoms with van der Waals surface area (Å²) in [5, 5.41) is 4.54. The van der Waals surface area contributed by atoms with Crippen molar-refractivity contribution in [2.75, 3.05) is 62.2 Å². The van der Waals surface area contributed by atoms with Crippen LogP contribution in [0.5, 0.6) is 0 Å². The van der Waals surface area contributed by atoms with Gasteiger partial charge in [-0.3, -0.25) is 14.5 Å². The van der Waals surface area contributed by atoms with E-state index in [2.05, 4.69) is 52.3 Å². The van der Waals surface area contributed by atoms with Crippen molar-refractivity contribution in [2.24, 2.45) is 5.92 Å². The van der Waals surface area contributed by atoms with Crippen LogP contribution in [0.25, 0.3) is 16.6 Å². The summed E-state index contributed by atoms with van der Waals surface area (Å²) >= 11 is 0. The standard InChI is InChI=1S/C27H32N6O2/c1-2-29-11-16-32(26(34)19-29)23-7-5-20(6-8-23)22-17-25-24(9-10-28-33(25)18-22)30-12-14-31(15-13-30)27(35)21-3-4-21/h5-10,17-18,21H,2-4,11-16,19H2,1H3. The van der Waals surface area contributed by atoms with Crippen LogP contribution in [0.2, 0.25) is 0 Å². The predicted octanol–water partition coefficient (Wildman–Crippen LogP) is 2.73. The Morgan fingerprint density at radius 1 is 0.971 bits per heavy atom. The number of rotatable bonds is 5. The van der Waals surface area contributed by atoms with Crippen molar-refractivity contribution >= 4 is 28.7 Å². The fourth-order valence-electron chi connectivity index (χ4n) is 5.28. The van der Waals surface area contributed by atoms with Crippen molar-refractivity contribution in [1.82, 2.24) is 19.4 Å². The van der Waals surface area contributed by atoms with E-state index in [1.807, 2.05) is 32.6 Å². The summed E-state index contributed by atoms with van der Waals surface area (Å²) in [6, 6.07) is 12.5. The van der Waals surface area contributed by atoms with Gasteiger partial charge < -0.3 is 14.7 Å². The van der Waals surface area contributed by atoms with Gasteiger partial charge in [0.05, 0.1) is 17.7 Å². The van der Waals surface area contributed by atoms with Crippen molar-refractivity contribution < 1.29 is 9.59 Å². The molecule has 35 heavy (non-hydrogen) atoms. The van der Waals surface area contributed by atoms with E-state index in [1.165, 1.54) is 0 Å². The highest BCUT2D eigenvalue weighted by Gasteiger charge is 2.34. The fourth-order valence-corrected chi connectivity index (χ4v) is 5.28. The molecule has 0 bridgehead atoms. The van der Waals surface area contributed by atoms with Crippen LogP contribution in [0, 0.1) is 5.92 Å². The van der Waals surface area contributed by atoms with Crippen molar-refractivity contribution in [3.8, 4) is 11.1 Å². The summed E-state index contributed by atoms with van der Waals surface area (Å²) in [4.78, 5) is 33.4. The van der Waals surface area contributed by atoms with E-state index < -0.39 is 0 Å². The van der Waals surface area contributed by atoms with Crippen LogP contribution >= 0.6 is 0 Å². The largest absolute Gasteiger partial charge is 0.366 e. The number of nitrogens with zero attached hydrogens (tertiary/aromatic N) is 6. The lowest BCUT2D eigenvalue weighted by atomic mass is 10.1. The highest BCUT2D eigenvalue weighted by molar-refractivity contribution is 5.95. The molecule has 6 rings (SSSR count). The number of carbonyl (C=O) groups excluding carboxylic acids is 2. The van der Waals surface area contributed by atoms with Gasteiger partial charge in [0.25, 0.3) is 0 Å². The number of piperazine rings is 2. The quantitative estimate of drug-likeness (QED) is 0.571. The molecule has 1 saturated carbocycles. The van der Waals surface area contributed by atoms with E-state index in [-0.39, 0.29) is 11.8 Å². The summed E-state index contributed by atoms with van der Waals surface area (Å²) in [6.45, 7) is 8.37. The van der Waals surface area contributed by atoms with Crippen molar-refractivity contribution in [2.45, 2.75) is 19.8 Å². The highest BCUT2D eigenvalue weighted by atomic mass is 16.2. The van der Waals surface area contributed by atoms with E-state index >= 15 is 0 Å². The minimum atomic E-state index is 0.160. The molecule has 2 amide bonds. The fraction of sp³-hybridized carbons (Fsp3) is 0.444. The average Bonchev–Trinajstić information content (AvgIpc) is 3.66. The molecular weight excluding hydrogens is 440 g/mol. The molecule has 182 valence electrons. The van der Waals surface area contributed by atoms with E-state index in [0.717, 1.165) is 86.7 Å². The van der Waals surface area contributed by atoms with Crippen molar-refractivity contribution in [1.29, 1.82) is 0 Å². The summed E-state index contributed by atoms with van der Waals surface area (Å²) in [5.41, 5.74) is 5.38. The Morgan fingerprint density at radius 3 is 2.43 bits per heavy atom. The lowest BCUT2D eigenvalue weighted by Gasteiger charge is -2.36. The molecular formula is C27H32N6O2. The number of aromatic nitrogens is 2. The molecule has 0 unspecified atom stereocenters. The Hall–Kier alpha value is -3.39. The lowest BCUT2D eigenvalue weighted by Crippen LogP contribution is -2.50. The maximum absolute atomic E-state index is 12.6.